The number of nitrogens with zero attached hydrogens (tertiary/aromatic N) is 2. The van der Waals surface area contributed by atoms with E-state index in [9.17, 15) is 9.59 Å². The van der Waals surface area contributed by atoms with E-state index in [1.807, 2.05) is 40.6 Å². The number of thiazole rings is 1. The summed E-state index contributed by atoms with van der Waals surface area (Å²) < 4.78 is 5.46. The van der Waals surface area contributed by atoms with Crippen molar-refractivity contribution >= 4 is 23.3 Å². The summed E-state index contributed by atoms with van der Waals surface area (Å²) in [6, 6.07) is 9.86. The van der Waals surface area contributed by atoms with Gasteiger partial charge in [0.05, 0.1) is 6.54 Å². The molecule has 2 aromatic rings. The molecule has 1 N–H and O–H groups in total. The molecule has 3 heterocycles. The standard InChI is InChI=1S/C18H19N3O3S/c22-16(14-11-25-15(20-14)13-5-2-1-3-6-13)21-9-4-7-18(8-10-21)12-19-17(23)24-18/h1-3,5-6,11H,4,7-10,12H2,(H,19,23)/t18-/m0/s1. The summed E-state index contributed by atoms with van der Waals surface area (Å²) in [5, 5.41) is 5.40. The molecule has 0 aliphatic carbocycles. The maximum atomic E-state index is 12.8. The van der Waals surface area contributed by atoms with Crippen molar-refractivity contribution in [3.05, 3.63) is 41.4 Å². The SMILES string of the molecule is O=C1NC[C@@]2(CCCN(C(=O)c3csc(-c4ccccc4)n3)CC2)O1. The van der Waals surface area contributed by atoms with E-state index in [0.717, 1.165) is 23.4 Å². The molecule has 130 valence electrons. The lowest BCUT2D eigenvalue weighted by molar-refractivity contribution is 0.0438. The molecule has 2 aliphatic heterocycles. The van der Waals surface area contributed by atoms with Crippen molar-refractivity contribution < 1.29 is 14.3 Å². The van der Waals surface area contributed by atoms with Gasteiger partial charge in [0, 0.05) is 30.5 Å². The molecule has 1 aromatic heterocycles. The molecule has 25 heavy (non-hydrogen) atoms. The Morgan fingerprint density at radius 3 is 2.84 bits per heavy atom. The lowest BCUT2D eigenvalue weighted by atomic mass is 9.95. The molecule has 0 bridgehead atoms. The van der Waals surface area contributed by atoms with Gasteiger partial charge in [-0.1, -0.05) is 30.3 Å². The molecule has 6 nitrogen and oxygen atoms in total. The van der Waals surface area contributed by atoms with E-state index < -0.39 is 5.60 Å². The fraction of sp³-hybridized carbons (Fsp3) is 0.389. The number of aromatic nitrogens is 1. The van der Waals surface area contributed by atoms with Crippen molar-refractivity contribution in [2.24, 2.45) is 0 Å². The lowest BCUT2D eigenvalue weighted by Gasteiger charge is -2.24. The molecule has 7 heteroatoms. The Bertz CT molecular complexity index is 792. The van der Waals surface area contributed by atoms with Crippen molar-refractivity contribution in [2.75, 3.05) is 19.6 Å². The second kappa shape index (κ2) is 6.48. The van der Waals surface area contributed by atoms with Crippen LogP contribution in [0.15, 0.2) is 35.7 Å². The first-order valence-electron chi connectivity index (χ1n) is 8.42. The quantitative estimate of drug-likeness (QED) is 0.897. The number of likely N-dealkylation sites (tertiary alicyclic amines) is 1. The van der Waals surface area contributed by atoms with E-state index in [2.05, 4.69) is 10.3 Å². The second-order valence-corrected chi connectivity index (χ2v) is 7.33. The zero-order valence-electron chi connectivity index (χ0n) is 13.7. The minimum Gasteiger partial charge on any atom is -0.441 e. The van der Waals surface area contributed by atoms with Crippen LogP contribution in [0.5, 0.6) is 0 Å². The number of amides is 2. The summed E-state index contributed by atoms with van der Waals surface area (Å²) >= 11 is 1.48. The summed E-state index contributed by atoms with van der Waals surface area (Å²) in [7, 11) is 0. The van der Waals surface area contributed by atoms with E-state index in [-0.39, 0.29) is 12.0 Å². The Hall–Kier alpha value is -2.41. The molecule has 1 spiro atoms. The van der Waals surface area contributed by atoms with Crippen LogP contribution in [0.1, 0.15) is 29.8 Å². The fourth-order valence-corrected chi connectivity index (χ4v) is 4.20. The molecule has 2 aliphatic rings. The average Bonchev–Trinajstić information content (AvgIpc) is 3.20. The third kappa shape index (κ3) is 3.24. The number of carbonyl (C=O) groups excluding carboxylic acids is 2. The highest BCUT2D eigenvalue weighted by molar-refractivity contribution is 7.13. The summed E-state index contributed by atoms with van der Waals surface area (Å²) in [5.41, 5.74) is 1.05. The number of hydrogen-bond acceptors (Lipinski definition) is 5. The number of carbonyl (C=O) groups is 2. The number of ether oxygens (including phenoxy) is 1. The molecule has 1 aromatic carbocycles. The van der Waals surface area contributed by atoms with Crippen molar-refractivity contribution in [2.45, 2.75) is 24.9 Å². The molecule has 2 fully saturated rings. The van der Waals surface area contributed by atoms with Gasteiger partial charge < -0.3 is 15.0 Å². The number of hydrogen-bond donors (Lipinski definition) is 1. The van der Waals surface area contributed by atoms with Gasteiger partial charge in [-0.2, -0.15) is 0 Å². The third-order valence-corrected chi connectivity index (χ3v) is 5.68. The highest BCUT2D eigenvalue weighted by Crippen LogP contribution is 2.30. The van der Waals surface area contributed by atoms with E-state index in [0.29, 0.717) is 31.7 Å². The number of rotatable bonds is 2. The van der Waals surface area contributed by atoms with Gasteiger partial charge in [-0.05, 0) is 12.8 Å². The first-order valence-corrected chi connectivity index (χ1v) is 9.30. The molecular weight excluding hydrogens is 338 g/mol. The molecule has 0 radical (unpaired) electrons. The van der Waals surface area contributed by atoms with E-state index in [4.69, 9.17) is 4.74 Å². The summed E-state index contributed by atoms with van der Waals surface area (Å²) in [6.45, 7) is 1.77. The normalized spacial score (nSPS) is 23.2. The minimum atomic E-state index is -0.455. The van der Waals surface area contributed by atoms with E-state index in [1.54, 1.807) is 0 Å². The van der Waals surface area contributed by atoms with Crippen LogP contribution in [0.4, 0.5) is 4.79 Å². The Labute approximate surface area is 149 Å². The highest BCUT2D eigenvalue weighted by atomic mass is 32.1. The van der Waals surface area contributed by atoms with Crippen LogP contribution < -0.4 is 5.32 Å². The molecule has 0 saturated carbocycles. The number of benzene rings is 1. The van der Waals surface area contributed by atoms with Gasteiger partial charge in [-0.25, -0.2) is 9.78 Å². The van der Waals surface area contributed by atoms with Gasteiger partial charge in [0.15, 0.2) is 0 Å². The molecular formula is C18H19N3O3S. The Balaban J connectivity index is 1.46. The molecule has 4 rings (SSSR count). The van der Waals surface area contributed by atoms with Crippen LogP contribution in [0, 0.1) is 0 Å². The first-order chi connectivity index (χ1) is 12.2. The van der Waals surface area contributed by atoms with Crippen LogP contribution in [-0.4, -0.2) is 47.1 Å². The van der Waals surface area contributed by atoms with Crippen molar-refractivity contribution in [1.29, 1.82) is 0 Å². The monoisotopic (exact) mass is 357 g/mol. The smallest absolute Gasteiger partial charge is 0.407 e. The fourth-order valence-electron chi connectivity index (χ4n) is 3.40. The molecule has 0 unspecified atom stereocenters. The van der Waals surface area contributed by atoms with Crippen molar-refractivity contribution in [1.82, 2.24) is 15.2 Å². The first kappa shape index (κ1) is 16.1. The largest absolute Gasteiger partial charge is 0.441 e. The van der Waals surface area contributed by atoms with Gasteiger partial charge in [0.1, 0.15) is 16.3 Å². The maximum Gasteiger partial charge on any atom is 0.407 e. The van der Waals surface area contributed by atoms with Crippen molar-refractivity contribution in [3.63, 3.8) is 0 Å². The maximum absolute atomic E-state index is 12.8. The van der Waals surface area contributed by atoms with E-state index in [1.165, 1.54) is 11.3 Å². The average molecular weight is 357 g/mol. The molecule has 2 amide bonds. The zero-order chi connectivity index (χ0) is 17.3. The van der Waals surface area contributed by atoms with Crippen LogP contribution in [-0.2, 0) is 4.74 Å². The van der Waals surface area contributed by atoms with Gasteiger partial charge in [0.2, 0.25) is 0 Å². The number of alkyl carbamates (subject to hydrolysis) is 1. The summed E-state index contributed by atoms with van der Waals surface area (Å²) in [6.07, 6.45) is 1.90. The van der Waals surface area contributed by atoms with Gasteiger partial charge in [-0.3, -0.25) is 4.79 Å². The topological polar surface area (TPSA) is 71.5 Å². The predicted molar refractivity (Wildman–Crippen MR) is 94.5 cm³/mol. The van der Waals surface area contributed by atoms with Gasteiger partial charge in [-0.15, -0.1) is 11.3 Å². The Kier molecular flexibility index (Phi) is 4.17. The van der Waals surface area contributed by atoms with E-state index >= 15 is 0 Å². The zero-order valence-corrected chi connectivity index (χ0v) is 14.6. The second-order valence-electron chi connectivity index (χ2n) is 6.48. The lowest BCUT2D eigenvalue weighted by Crippen LogP contribution is -2.36. The highest BCUT2D eigenvalue weighted by Gasteiger charge is 2.42. The van der Waals surface area contributed by atoms with Crippen molar-refractivity contribution in [3.8, 4) is 10.6 Å². The Morgan fingerprint density at radius 1 is 1.24 bits per heavy atom. The van der Waals surface area contributed by atoms with Gasteiger partial charge >= 0.3 is 6.09 Å². The minimum absolute atomic E-state index is 0.0484. The van der Waals surface area contributed by atoms with Crippen LogP contribution in [0.25, 0.3) is 10.6 Å². The summed E-state index contributed by atoms with van der Waals surface area (Å²) in [5.74, 6) is -0.0484. The van der Waals surface area contributed by atoms with Crippen LogP contribution >= 0.6 is 11.3 Å². The molecule has 2 saturated heterocycles. The number of nitrogens with one attached hydrogen (secondary N) is 1. The Morgan fingerprint density at radius 2 is 2.08 bits per heavy atom. The summed E-state index contributed by atoms with van der Waals surface area (Å²) in [4.78, 5) is 30.5. The third-order valence-electron chi connectivity index (χ3n) is 4.79. The molecule has 1 atom stereocenters. The van der Waals surface area contributed by atoms with Crippen LogP contribution in [0.2, 0.25) is 0 Å². The van der Waals surface area contributed by atoms with Crippen LogP contribution in [0.3, 0.4) is 0 Å². The van der Waals surface area contributed by atoms with Gasteiger partial charge in [0.25, 0.3) is 5.91 Å². The predicted octanol–water partition coefficient (Wildman–Crippen LogP) is 2.91.